The van der Waals surface area contributed by atoms with Crippen molar-refractivity contribution < 1.29 is 8.68 Å². The van der Waals surface area contributed by atoms with E-state index in [1.54, 1.807) is 6.07 Å². The van der Waals surface area contributed by atoms with Gasteiger partial charge in [-0.2, -0.15) is 0 Å². The third-order valence-electron chi connectivity index (χ3n) is 4.21. The number of hydrogen-bond acceptors (Lipinski definition) is 0. The maximum Gasteiger partial charge on any atom is 0.212 e. The molecule has 0 radical (unpaired) electrons. The molecule has 0 aliphatic rings. The molecule has 1 aromatic heterocycles. The summed E-state index contributed by atoms with van der Waals surface area (Å²) in [5, 5.41) is 0. The lowest BCUT2D eigenvalue weighted by Gasteiger charge is -2.15. The van der Waals surface area contributed by atoms with Gasteiger partial charge in [-0.3, -0.25) is 0 Å². The average Bonchev–Trinajstić information content (AvgIpc) is 2.55. The SMILES string of the molecule is [2H]C([2H])([2H])c1cccc(C)c1-c1cccc(-c2cccc[n+]2C)c1C. The highest BCUT2D eigenvalue weighted by Gasteiger charge is 2.15. The van der Waals surface area contributed by atoms with Gasteiger partial charge in [0.05, 0.1) is 0 Å². The number of rotatable bonds is 2. The number of hydrogen-bond donors (Lipinski definition) is 0. The molecule has 1 nitrogen and oxygen atoms in total. The van der Waals surface area contributed by atoms with Crippen LogP contribution in [0.15, 0.2) is 60.8 Å². The van der Waals surface area contributed by atoms with Crippen LogP contribution in [0.25, 0.3) is 22.4 Å². The van der Waals surface area contributed by atoms with E-state index in [0.29, 0.717) is 5.56 Å². The zero-order valence-electron chi connectivity index (χ0n) is 16.2. The molecule has 0 aliphatic heterocycles. The summed E-state index contributed by atoms with van der Waals surface area (Å²) in [6, 6.07) is 17.7. The fraction of sp³-hybridized carbons (Fsp3) is 0.190. The molecular weight excluding hydrogens is 266 g/mol. The average molecular weight is 291 g/mol. The van der Waals surface area contributed by atoms with E-state index in [4.69, 9.17) is 4.11 Å². The molecule has 0 N–H and O–H groups in total. The smallest absolute Gasteiger partial charge is 0.201 e. The predicted octanol–water partition coefficient (Wildman–Crippen LogP) is 4.77. The van der Waals surface area contributed by atoms with E-state index < -0.39 is 6.85 Å². The first kappa shape index (κ1) is 11.2. The molecule has 0 saturated heterocycles. The van der Waals surface area contributed by atoms with Gasteiger partial charge in [0.25, 0.3) is 0 Å². The van der Waals surface area contributed by atoms with Crippen LogP contribution in [0.1, 0.15) is 20.8 Å². The Morgan fingerprint density at radius 1 is 0.818 bits per heavy atom. The van der Waals surface area contributed by atoms with Crippen LogP contribution in [-0.2, 0) is 7.05 Å². The Kier molecular flexibility index (Phi) is 2.93. The fourth-order valence-corrected chi connectivity index (χ4v) is 3.01. The van der Waals surface area contributed by atoms with E-state index in [1.807, 2.05) is 56.6 Å². The predicted molar refractivity (Wildman–Crippen MR) is 92.7 cm³/mol. The zero-order chi connectivity index (χ0) is 18.2. The molecule has 1 heteroatoms. The third-order valence-corrected chi connectivity index (χ3v) is 4.21. The van der Waals surface area contributed by atoms with Gasteiger partial charge in [-0.05, 0) is 60.6 Å². The minimum atomic E-state index is -2.14. The van der Waals surface area contributed by atoms with Gasteiger partial charge in [-0.15, -0.1) is 0 Å². The summed E-state index contributed by atoms with van der Waals surface area (Å²) in [5.74, 6) is 0. The lowest BCUT2D eigenvalue weighted by Crippen LogP contribution is -2.30. The largest absolute Gasteiger partial charge is 0.212 e. The van der Waals surface area contributed by atoms with Crippen molar-refractivity contribution in [1.29, 1.82) is 0 Å². The Morgan fingerprint density at radius 3 is 2.32 bits per heavy atom. The molecular formula is C21H22N+. The highest BCUT2D eigenvalue weighted by atomic mass is 14.9. The van der Waals surface area contributed by atoms with Crippen LogP contribution in [0, 0.1) is 20.7 Å². The molecule has 0 saturated carbocycles. The monoisotopic (exact) mass is 291 g/mol. The summed E-state index contributed by atoms with van der Waals surface area (Å²) in [4.78, 5) is 0. The van der Waals surface area contributed by atoms with Gasteiger partial charge < -0.3 is 0 Å². The fourth-order valence-electron chi connectivity index (χ4n) is 3.01. The summed E-state index contributed by atoms with van der Waals surface area (Å²) in [6.45, 7) is 1.90. The second-order valence-corrected chi connectivity index (χ2v) is 5.67. The van der Waals surface area contributed by atoms with Crippen molar-refractivity contribution in [3.05, 3.63) is 77.5 Å². The van der Waals surface area contributed by atoms with Crippen LogP contribution in [-0.4, -0.2) is 0 Å². The molecule has 22 heavy (non-hydrogen) atoms. The van der Waals surface area contributed by atoms with Gasteiger partial charge >= 0.3 is 0 Å². The van der Waals surface area contributed by atoms with Crippen molar-refractivity contribution in [2.24, 2.45) is 7.05 Å². The van der Waals surface area contributed by atoms with Gasteiger partial charge in [-0.25, -0.2) is 4.57 Å². The third kappa shape index (κ3) is 2.43. The second kappa shape index (κ2) is 5.76. The van der Waals surface area contributed by atoms with E-state index in [-0.39, 0.29) is 0 Å². The molecule has 2 aromatic carbocycles. The van der Waals surface area contributed by atoms with Gasteiger partial charge in [0, 0.05) is 21.8 Å². The summed E-state index contributed by atoms with van der Waals surface area (Å²) in [6.07, 6.45) is 2.02. The van der Waals surface area contributed by atoms with Gasteiger partial charge in [0.15, 0.2) is 6.20 Å². The van der Waals surface area contributed by atoms with Crippen molar-refractivity contribution in [1.82, 2.24) is 0 Å². The Bertz CT molecular complexity index is 927. The van der Waals surface area contributed by atoms with Crippen molar-refractivity contribution in [2.45, 2.75) is 20.7 Å². The number of aromatic nitrogens is 1. The number of pyridine rings is 1. The molecule has 0 spiro atoms. The van der Waals surface area contributed by atoms with Crippen LogP contribution in [0.2, 0.25) is 0 Å². The molecule has 110 valence electrons. The maximum absolute atomic E-state index is 7.91. The van der Waals surface area contributed by atoms with Crippen LogP contribution < -0.4 is 4.57 Å². The number of aryl methyl sites for hydroxylation is 3. The maximum atomic E-state index is 7.91. The molecule has 0 bridgehead atoms. The van der Waals surface area contributed by atoms with E-state index >= 15 is 0 Å². The minimum absolute atomic E-state index is 0.408. The topological polar surface area (TPSA) is 3.88 Å². The summed E-state index contributed by atoms with van der Waals surface area (Å²) < 4.78 is 25.8. The number of nitrogens with zero attached hydrogens (tertiary/aromatic N) is 1. The highest BCUT2D eigenvalue weighted by Crippen LogP contribution is 2.34. The van der Waals surface area contributed by atoms with Crippen molar-refractivity contribution in [2.75, 3.05) is 0 Å². The molecule has 1 heterocycles. The highest BCUT2D eigenvalue weighted by molar-refractivity contribution is 5.79. The molecule has 3 aromatic rings. The van der Waals surface area contributed by atoms with Gasteiger partial charge in [-0.1, -0.05) is 30.3 Å². The van der Waals surface area contributed by atoms with E-state index in [1.165, 1.54) is 0 Å². The Hall–Kier alpha value is -2.41. The zero-order valence-corrected chi connectivity index (χ0v) is 13.2. The Morgan fingerprint density at radius 2 is 1.55 bits per heavy atom. The normalized spacial score (nSPS) is 13.3. The minimum Gasteiger partial charge on any atom is -0.201 e. The number of benzene rings is 2. The molecule has 0 atom stereocenters. The van der Waals surface area contributed by atoms with Crippen molar-refractivity contribution in [3.8, 4) is 22.4 Å². The first-order valence-corrected chi connectivity index (χ1v) is 7.46. The quantitative estimate of drug-likeness (QED) is 0.599. The van der Waals surface area contributed by atoms with Crippen molar-refractivity contribution >= 4 is 0 Å². The van der Waals surface area contributed by atoms with Gasteiger partial charge in [0.1, 0.15) is 7.05 Å². The van der Waals surface area contributed by atoms with E-state index in [9.17, 15) is 0 Å². The Labute approximate surface area is 137 Å². The molecule has 0 unspecified atom stereocenters. The lowest BCUT2D eigenvalue weighted by molar-refractivity contribution is -0.660. The first-order valence-electron chi connectivity index (χ1n) is 8.96. The van der Waals surface area contributed by atoms with E-state index in [2.05, 4.69) is 23.6 Å². The van der Waals surface area contributed by atoms with E-state index in [0.717, 1.165) is 33.5 Å². The first-order chi connectivity index (χ1) is 11.8. The Balaban J connectivity index is 2.29. The molecule has 0 fully saturated rings. The molecule has 3 rings (SSSR count). The van der Waals surface area contributed by atoms with Gasteiger partial charge in [0.2, 0.25) is 5.69 Å². The summed E-state index contributed by atoms with van der Waals surface area (Å²) in [7, 11) is 2.02. The molecule has 0 amide bonds. The standard InChI is InChI=1S/C21H22N/c1-15-9-7-10-16(2)21(15)19-12-8-11-18(17(19)3)20-13-5-6-14-22(20)4/h5-14H,1-4H3/q+1/i1D3. The lowest BCUT2D eigenvalue weighted by atomic mass is 9.90. The van der Waals surface area contributed by atoms with Crippen LogP contribution in [0.5, 0.6) is 0 Å². The summed E-state index contributed by atoms with van der Waals surface area (Å²) >= 11 is 0. The van der Waals surface area contributed by atoms with Crippen LogP contribution >= 0.6 is 0 Å². The van der Waals surface area contributed by atoms with Crippen LogP contribution in [0.3, 0.4) is 0 Å². The van der Waals surface area contributed by atoms with Crippen LogP contribution in [0.4, 0.5) is 0 Å². The second-order valence-electron chi connectivity index (χ2n) is 5.67. The van der Waals surface area contributed by atoms with Crippen molar-refractivity contribution in [3.63, 3.8) is 0 Å². The molecule has 0 aliphatic carbocycles. The summed E-state index contributed by atoms with van der Waals surface area (Å²) in [5.41, 5.74) is 6.48.